The quantitative estimate of drug-likeness (QED) is 0.683. The van der Waals surface area contributed by atoms with Crippen molar-refractivity contribution in [3.8, 4) is 0 Å². The van der Waals surface area contributed by atoms with Crippen LogP contribution >= 0.6 is 11.3 Å². The smallest absolute Gasteiger partial charge is 0.0589 e. The van der Waals surface area contributed by atoms with Gasteiger partial charge in [0, 0.05) is 43.0 Å². The zero-order valence-electron chi connectivity index (χ0n) is 10.7. The maximum atomic E-state index is 5.12. The minimum absolute atomic E-state index is 0.766. The van der Waals surface area contributed by atoms with Crippen molar-refractivity contribution in [2.75, 3.05) is 33.9 Å². The van der Waals surface area contributed by atoms with Gasteiger partial charge >= 0.3 is 0 Å². The topological polar surface area (TPSA) is 24.5 Å². The molecular formula is C13H22N2OS. The van der Waals surface area contributed by atoms with E-state index in [9.17, 15) is 0 Å². The van der Waals surface area contributed by atoms with Gasteiger partial charge in [-0.2, -0.15) is 0 Å². The summed E-state index contributed by atoms with van der Waals surface area (Å²) < 4.78 is 5.12. The zero-order chi connectivity index (χ0) is 12.5. The lowest BCUT2D eigenvalue weighted by Crippen LogP contribution is -2.26. The summed E-state index contributed by atoms with van der Waals surface area (Å²) in [6.45, 7) is 8.34. The summed E-state index contributed by atoms with van der Waals surface area (Å²) in [6.07, 6.45) is 1.94. The Bertz CT molecular complexity index is 325. The molecule has 17 heavy (non-hydrogen) atoms. The Kier molecular flexibility index (Phi) is 7.12. The van der Waals surface area contributed by atoms with Gasteiger partial charge in [-0.1, -0.05) is 6.08 Å². The van der Waals surface area contributed by atoms with Gasteiger partial charge in [0.1, 0.15) is 0 Å². The number of methoxy groups -OCH3 is 1. The monoisotopic (exact) mass is 254 g/mol. The van der Waals surface area contributed by atoms with E-state index in [0.717, 1.165) is 32.8 Å². The van der Waals surface area contributed by atoms with Crippen LogP contribution in [0.3, 0.4) is 0 Å². The van der Waals surface area contributed by atoms with Gasteiger partial charge in [0.25, 0.3) is 0 Å². The summed E-state index contributed by atoms with van der Waals surface area (Å²) in [6, 6.07) is 4.40. The fourth-order valence-electron chi connectivity index (χ4n) is 1.63. The number of nitrogens with zero attached hydrogens (tertiary/aromatic N) is 1. The largest absolute Gasteiger partial charge is 0.383 e. The predicted molar refractivity (Wildman–Crippen MR) is 74.4 cm³/mol. The SMILES string of the molecule is C=CCN(CCOC)Cc1ccc(CNC)s1. The Morgan fingerprint density at radius 3 is 2.88 bits per heavy atom. The minimum Gasteiger partial charge on any atom is -0.383 e. The normalized spacial score (nSPS) is 11.0. The van der Waals surface area contributed by atoms with Crippen LogP contribution in [0.5, 0.6) is 0 Å². The predicted octanol–water partition coefficient (Wildman–Crippen LogP) is 2.10. The minimum atomic E-state index is 0.766. The van der Waals surface area contributed by atoms with Gasteiger partial charge in [0.2, 0.25) is 0 Å². The van der Waals surface area contributed by atoms with Crippen molar-refractivity contribution in [3.63, 3.8) is 0 Å². The Hall–Kier alpha value is -0.680. The highest BCUT2D eigenvalue weighted by atomic mass is 32.1. The molecule has 4 heteroatoms. The standard InChI is InChI=1S/C13H22N2OS/c1-4-7-15(8-9-16-3)11-13-6-5-12(17-13)10-14-2/h4-6,14H,1,7-11H2,2-3H3. The molecule has 3 nitrogen and oxygen atoms in total. The molecule has 0 spiro atoms. The molecule has 0 fully saturated rings. The molecule has 0 atom stereocenters. The second-order valence-electron chi connectivity index (χ2n) is 3.91. The third kappa shape index (κ3) is 5.46. The second kappa shape index (κ2) is 8.42. The molecule has 0 bridgehead atoms. The molecule has 0 saturated heterocycles. The summed E-state index contributed by atoms with van der Waals surface area (Å²) in [5, 5.41) is 3.17. The number of hydrogen-bond acceptors (Lipinski definition) is 4. The van der Waals surface area contributed by atoms with Crippen molar-refractivity contribution in [2.24, 2.45) is 0 Å². The second-order valence-corrected chi connectivity index (χ2v) is 5.17. The van der Waals surface area contributed by atoms with Crippen LogP contribution in [-0.4, -0.2) is 38.8 Å². The first-order valence-electron chi connectivity index (χ1n) is 5.84. The molecule has 1 rings (SSSR count). The number of ether oxygens (including phenoxy) is 1. The molecule has 96 valence electrons. The lowest BCUT2D eigenvalue weighted by molar-refractivity contribution is 0.151. The van der Waals surface area contributed by atoms with Crippen LogP contribution in [0.4, 0.5) is 0 Å². The molecule has 0 radical (unpaired) electrons. The molecule has 0 saturated carbocycles. The molecule has 1 heterocycles. The highest BCUT2D eigenvalue weighted by Crippen LogP contribution is 2.18. The van der Waals surface area contributed by atoms with E-state index in [1.54, 1.807) is 7.11 Å². The van der Waals surface area contributed by atoms with Gasteiger partial charge in [-0.15, -0.1) is 17.9 Å². The van der Waals surface area contributed by atoms with Crippen LogP contribution in [0.15, 0.2) is 24.8 Å². The highest BCUT2D eigenvalue weighted by molar-refractivity contribution is 7.11. The Labute approximate surface area is 108 Å². The summed E-state index contributed by atoms with van der Waals surface area (Å²) in [4.78, 5) is 5.12. The number of thiophene rings is 1. The molecule has 1 N–H and O–H groups in total. The van der Waals surface area contributed by atoms with Gasteiger partial charge in [-0.25, -0.2) is 0 Å². The van der Waals surface area contributed by atoms with Crippen molar-refractivity contribution in [1.29, 1.82) is 0 Å². The van der Waals surface area contributed by atoms with Gasteiger partial charge < -0.3 is 10.1 Å². The van der Waals surface area contributed by atoms with Crippen molar-refractivity contribution in [3.05, 3.63) is 34.5 Å². The summed E-state index contributed by atoms with van der Waals surface area (Å²) in [5.74, 6) is 0. The zero-order valence-corrected chi connectivity index (χ0v) is 11.6. The number of rotatable bonds is 9. The molecule has 0 aliphatic rings. The maximum Gasteiger partial charge on any atom is 0.0589 e. The first kappa shape index (κ1) is 14.4. The van der Waals surface area contributed by atoms with Gasteiger partial charge in [-0.05, 0) is 19.2 Å². The van der Waals surface area contributed by atoms with E-state index in [0.29, 0.717) is 0 Å². The fraction of sp³-hybridized carbons (Fsp3) is 0.538. The van der Waals surface area contributed by atoms with E-state index in [4.69, 9.17) is 4.74 Å². The van der Waals surface area contributed by atoms with Crippen LogP contribution in [-0.2, 0) is 17.8 Å². The summed E-state index contributed by atoms with van der Waals surface area (Å²) >= 11 is 1.87. The maximum absolute atomic E-state index is 5.12. The molecule has 0 unspecified atom stereocenters. The summed E-state index contributed by atoms with van der Waals surface area (Å²) in [7, 11) is 3.71. The van der Waals surface area contributed by atoms with E-state index in [1.165, 1.54) is 9.75 Å². The molecular weight excluding hydrogens is 232 g/mol. The first-order valence-corrected chi connectivity index (χ1v) is 6.66. The number of hydrogen-bond donors (Lipinski definition) is 1. The first-order chi connectivity index (χ1) is 8.30. The average molecular weight is 254 g/mol. The van der Waals surface area contributed by atoms with E-state index < -0.39 is 0 Å². The Balaban J connectivity index is 2.48. The average Bonchev–Trinajstić information content (AvgIpc) is 2.74. The van der Waals surface area contributed by atoms with Crippen LogP contribution in [0.25, 0.3) is 0 Å². The summed E-state index contributed by atoms with van der Waals surface area (Å²) in [5.41, 5.74) is 0. The van der Waals surface area contributed by atoms with Crippen LogP contribution < -0.4 is 5.32 Å². The number of nitrogens with one attached hydrogen (secondary N) is 1. The molecule has 1 aromatic rings. The van der Waals surface area contributed by atoms with Crippen LogP contribution in [0.2, 0.25) is 0 Å². The van der Waals surface area contributed by atoms with Crippen molar-refractivity contribution in [2.45, 2.75) is 13.1 Å². The van der Waals surface area contributed by atoms with Gasteiger partial charge in [0.15, 0.2) is 0 Å². The van der Waals surface area contributed by atoms with Gasteiger partial charge in [0.05, 0.1) is 6.61 Å². The molecule has 0 amide bonds. The van der Waals surface area contributed by atoms with E-state index in [2.05, 4.69) is 28.9 Å². The van der Waals surface area contributed by atoms with Crippen LogP contribution in [0, 0.1) is 0 Å². The Morgan fingerprint density at radius 2 is 2.24 bits per heavy atom. The van der Waals surface area contributed by atoms with E-state index in [1.807, 2.05) is 24.5 Å². The third-order valence-electron chi connectivity index (χ3n) is 2.45. The van der Waals surface area contributed by atoms with Crippen molar-refractivity contribution < 1.29 is 4.74 Å². The van der Waals surface area contributed by atoms with Crippen molar-refractivity contribution in [1.82, 2.24) is 10.2 Å². The molecule has 0 aliphatic heterocycles. The van der Waals surface area contributed by atoms with Crippen LogP contribution in [0.1, 0.15) is 9.75 Å². The lowest BCUT2D eigenvalue weighted by atomic mass is 10.3. The molecule has 0 aromatic carbocycles. The van der Waals surface area contributed by atoms with Crippen molar-refractivity contribution >= 4 is 11.3 Å². The molecule has 0 aliphatic carbocycles. The lowest BCUT2D eigenvalue weighted by Gasteiger charge is -2.19. The fourth-order valence-corrected chi connectivity index (χ4v) is 2.71. The third-order valence-corrected chi connectivity index (χ3v) is 3.52. The van der Waals surface area contributed by atoms with E-state index >= 15 is 0 Å². The Morgan fingerprint density at radius 1 is 1.47 bits per heavy atom. The molecule has 1 aromatic heterocycles. The van der Waals surface area contributed by atoms with E-state index in [-0.39, 0.29) is 0 Å². The van der Waals surface area contributed by atoms with Gasteiger partial charge in [-0.3, -0.25) is 4.90 Å². The highest BCUT2D eigenvalue weighted by Gasteiger charge is 2.06.